The van der Waals surface area contributed by atoms with Gasteiger partial charge in [0.25, 0.3) is 0 Å². The van der Waals surface area contributed by atoms with Crippen molar-refractivity contribution in [3.05, 3.63) is 82.9 Å². The maximum Gasteiger partial charge on any atom is 0.339 e. The van der Waals surface area contributed by atoms with Crippen LogP contribution < -0.4 is 5.32 Å². The second kappa shape index (κ2) is 8.74. The van der Waals surface area contributed by atoms with Crippen molar-refractivity contribution in [2.75, 3.05) is 7.11 Å². The Morgan fingerprint density at radius 3 is 2.53 bits per heavy atom. The summed E-state index contributed by atoms with van der Waals surface area (Å²) in [7, 11) is 1.41. The monoisotopic (exact) mass is 448 g/mol. The van der Waals surface area contributed by atoms with E-state index in [4.69, 9.17) is 17.0 Å². The van der Waals surface area contributed by atoms with Crippen LogP contribution in [0.25, 0.3) is 5.69 Å². The Balaban J connectivity index is 1.88. The zero-order valence-corrected chi connectivity index (χ0v) is 19.8. The van der Waals surface area contributed by atoms with Crippen molar-refractivity contribution in [3.8, 4) is 5.69 Å². The number of carbonyl (C=O) groups excluding carboxylic acids is 1. The fraction of sp³-hybridized carbons (Fsp3) is 0.320. The molecule has 1 aliphatic heterocycles. The van der Waals surface area contributed by atoms with Gasteiger partial charge in [-0.2, -0.15) is 0 Å². The maximum absolute atomic E-state index is 12.4. The van der Waals surface area contributed by atoms with Gasteiger partial charge in [-0.1, -0.05) is 18.2 Å². The van der Waals surface area contributed by atoms with E-state index in [1.165, 1.54) is 7.11 Å². The molecule has 0 spiro atoms. The average molecular weight is 449 g/mol. The Morgan fingerprint density at radius 2 is 1.88 bits per heavy atom. The van der Waals surface area contributed by atoms with E-state index in [0.717, 1.165) is 33.4 Å². The first-order valence-electron chi connectivity index (χ1n) is 10.7. The van der Waals surface area contributed by atoms with Crippen LogP contribution in [0.3, 0.4) is 0 Å². The van der Waals surface area contributed by atoms with Crippen molar-refractivity contribution >= 4 is 23.3 Å². The third kappa shape index (κ3) is 3.66. The number of carbonyl (C=O) groups is 1. The fourth-order valence-corrected chi connectivity index (χ4v) is 5.11. The van der Waals surface area contributed by atoms with Crippen molar-refractivity contribution in [3.63, 3.8) is 0 Å². The Morgan fingerprint density at radius 1 is 1.16 bits per heavy atom. The number of methoxy groups -OCH3 is 1. The predicted octanol–water partition coefficient (Wildman–Crippen LogP) is 4.66. The molecule has 2 aromatic heterocycles. The second-order valence-corrected chi connectivity index (χ2v) is 8.68. The largest absolute Gasteiger partial charge is 0.465 e. The van der Waals surface area contributed by atoms with Crippen molar-refractivity contribution in [2.45, 2.75) is 45.8 Å². The summed E-state index contributed by atoms with van der Waals surface area (Å²) in [6, 6.07) is 15.8. The maximum atomic E-state index is 12.4. The number of pyridine rings is 1. The van der Waals surface area contributed by atoms with Gasteiger partial charge in [0.05, 0.1) is 36.1 Å². The molecule has 166 valence electrons. The summed E-state index contributed by atoms with van der Waals surface area (Å²) >= 11 is 5.74. The lowest BCUT2D eigenvalue weighted by molar-refractivity contribution is 0.0600. The van der Waals surface area contributed by atoms with E-state index in [2.05, 4.69) is 53.5 Å². The molecule has 32 heavy (non-hydrogen) atoms. The van der Waals surface area contributed by atoms with Crippen LogP contribution in [-0.4, -0.2) is 38.7 Å². The quantitative estimate of drug-likeness (QED) is 0.453. The molecule has 0 aliphatic carbocycles. The van der Waals surface area contributed by atoms with E-state index >= 15 is 0 Å². The number of rotatable bonds is 5. The lowest BCUT2D eigenvalue weighted by Crippen LogP contribution is -2.35. The Labute approximate surface area is 194 Å². The average Bonchev–Trinajstić information content (AvgIpc) is 3.29. The number of aromatic nitrogens is 2. The number of ether oxygens (including phenoxy) is 1. The normalized spacial score (nSPS) is 18.2. The third-order valence-electron chi connectivity index (χ3n) is 6.03. The molecule has 1 fully saturated rings. The van der Waals surface area contributed by atoms with Crippen LogP contribution in [0.1, 0.15) is 58.9 Å². The lowest BCUT2D eigenvalue weighted by Gasteiger charge is -2.31. The molecule has 0 unspecified atom stereocenters. The van der Waals surface area contributed by atoms with Gasteiger partial charge in [0.2, 0.25) is 0 Å². The first-order chi connectivity index (χ1) is 15.3. The van der Waals surface area contributed by atoms with E-state index in [9.17, 15) is 4.79 Å². The molecule has 1 N–H and O–H groups in total. The van der Waals surface area contributed by atoms with Crippen molar-refractivity contribution in [1.29, 1.82) is 0 Å². The summed E-state index contributed by atoms with van der Waals surface area (Å²) in [4.78, 5) is 19.3. The number of nitrogens with one attached hydrogen (secondary N) is 1. The van der Waals surface area contributed by atoms with Gasteiger partial charge in [0.1, 0.15) is 0 Å². The van der Waals surface area contributed by atoms with Crippen LogP contribution in [0.15, 0.2) is 54.7 Å². The minimum atomic E-state index is -0.353. The number of para-hydroxylation sites is 1. The summed E-state index contributed by atoms with van der Waals surface area (Å²) < 4.78 is 7.15. The van der Waals surface area contributed by atoms with Gasteiger partial charge in [0.15, 0.2) is 5.11 Å². The Bertz CT molecular complexity index is 1160. The molecule has 0 amide bonds. The first kappa shape index (κ1) is 22.0. The molecule has 3 heterocycles. The van der Waals surface area contributed by atoms with Crippen LogP contribution in [0.5, 0.6) is 0 Å². The summed E-state index contributed by atoms with van der Waals surface area (Å²) in [5.41, 5.74) is 5.53. The number of benzene rings is 1. The summed E-state index contributed by atoms with van der Waals surface area (Å²) in [5, 5.41) is 4.22. The predicted molar refractivity (Wildman–Crippen MR) is 129 cm³/mol. The van der Waals surface area contributed by atoms with Gasteiger partial charge in [-0.15, -0.1) is 0 Å². The van der Waals surface area contributed by atoms with Crippen LogP contribution in [0.2, 0.25) is 0 Å². The van der Waals surface area contributed by atoms with E-state index in [0.29, 0.717) is 5.56 Å². The smallest absolute Gasteiger partial charge is 0.339 e. The van der Waals surface area contributed by atoms with Gasteiger partial charge in [-0.25, -0.2) is 4.79 Å². The molecule has 4 rings (SSSR count). The minimum absolute atomic E-state index is 0.0253. The molecule has 3 aromatic rings. The molecule has 1 saturated heterocycles. The Kier molecular flexibility index (Phi) is 6.02. The molecular formula is C25H28N4O2S. The highest BCUT2D eigenvalue weighted by Gasteiger charge is 2.42. The summed E-state index contributed by atoms with van der Waals surface area (Å²) in [6.07, 6.45) is 1.81. The summed E-state index contributed by atoms with van der Waals surface area (Å²) in [6.45, 7) is 8.44. The fourth-order valence-electron chi connectivity index (χ4n) is 4.66. The van der Waals surface area contributed by atoms with E-state index in [1.54, 1.807) is 6.07 Å². The van der Waals surface area contributed by atoms with Gasteiger partial charge in [-0.3, -0.25) is 4.98 Å². The van der Waals surface area contributed by atoms with E-state index < -0.39 is 0 Å². The molecule has 2 atom stereocenters. The van der Waals surface area contributed by atoms with E-state index in [-0.39, 0.29) is 24.1 Å². The lowest BCUT2D eigenvalue weighted by atomic mass is 9.96. The molecule has 0 bridgehead atoms. The number of hydrogen-bond donors (Lipinski definition) is 1. The van der Waals surface area contributed by atoms with Gasteiger partial charge < -0.3 is 19.5 Å². The SMILES string of the molecule is COC(=O)c1ccccc1-n1c(C)cc([C@@H]2[C@H](c3ccccn3)NC(=S)N2C(C)C)c1C. The molecule has 6 nitrogen and oxygen atoms in total. The number of nitrogens with zero attached hydrogens (tertiary/aromatic N) is 3. The molecule has 7 heteroatoms. The minimum Gasteiger partial charge on any atom is -0.465 e. The van der Waals surface area contributed by atoms with E-state index in [1.807, 2.05) is 42.6 Å². The van der Waals surface area contributed by atoms with Crippen LogP contribution in [0, 0.1) is 13.8 Å². The number of esters is 1. The Hall–Kier alpha value is -3.19. The molecule has 0 radical (unpaired) electrons. The van der Waals surface area contributed by atoms with Crippen molar-refractivity contribution < 1.29 is 9.53 Å². The third-order valence-corrected chi connectivity index (χ3v) is 6.36. The highest BCUT2D eigenvalue weighted by molar-refractivity contribution is 7.80. The van der Waals surface area contributed by atoms with Gasteiger partial charge in [0, 0.05) is 23.6 Å². The highest BCUT2D eigenvalue weighted by Crippen LogP contribution is 2.42. The highest BCUT2D eigenvalue weighted by atomic mass is 32.1. The number of aryl methyl sites for hydroxylation is 1. The topological polar surface area (TPSA) is 59.4 Å². The zero-order valence-electron chi connectivity index (χ0n) is 19.0. The number of thiocarbonyl (C=S) groups is 1. The zero-order chi connectivity index (χ0) is 23.0. The van der Waals surface area contributed by atoms with Gasteiger partial charge in [-0.05, 0) is 75.8 Å². The van der Waals surface area contributed by atoms with Crippen LogP contribution in [-0.2, 0) is 4.74 Å². The standard InChI is InChI=1S/C25H28N4O2S/c1-15(2)28-23(22(27-25(28)32)20-11-8-9-13-26-20)19-14-16(3)29(17(19)4)21-12-7-6-10-18(21)24(30)31-5/h6-15,22-23H,1-5H3,(H,27,32)/t22-,23+/m0/s1. The van der Waals surface area contributed by atoms with Crippen LogP contribution >= 0.6 is 12.2 Å². The molecule has 0 saturated carbocycles. The van der Waals surface area contributed by atoms with Gasteiger partial charge >= 0.3 is 5.97 Å². The molecule has 1 aromatic carbocycles. The second-order valence-electron chi connectivity index (χ2n) is 8.30. The molecular weight excluding hydrogens is 420 g/mol. The molecule has 1 aliphatic rings. The summed E-state index contributed by atoms with van der Waals surface area (Å²) in [5.74, 6) is -0.353. The van der Waals surface area contributed by atoms with Crippen molar-refractivity contribution in [2.24, 2.45) is 0 Å². The number of hydrogen-bond acceptors (Lipinski definition) is 4. The van der Waals surface area contributed by atoms with Crippen LogP contribution in [0.4, 0.5) is 0 Å². The first-order valence-corrected chi connectivity index (χ1v) is 11.1. The van der Waals surface area contributed by atoms with Crippen molar-refractivity contribution in [1.82, 2.24) is 19.8 Å².